The Kier molecular flexibility index (Phi) is 5.09. The molecule has 26 heavy (non-hydrogen) atoms. The van der Waals surface area contributed by atoms with E-state index in [-0.39, 0.29) is 18.0 Å². The molecule has 0 aliphatic carbocycles. The number of esters is 1. The van der Waals surface area contributed by atoms with Gasteiger partial charge in [-0.3, -0.25) is 9.36 Å². The fourth-order valence-electron chi connectivity index (χ4n) is 2.72. The zero-order valence-electron chi connectivity index (χ0n) is 14.8. The monoisotopic (exact) mass is 370 g/mol. The van der Waals surface area contributed by atoms with Crippen LogP contribution in [0.25, 0.3) is 10.9 Å². The van der Waals surface area contributed by atoms with E-state index in [4.69, 9.17) is 16.3 Å². The van der Waals surface area contributed by atoms with E-state index in [1.54, 1.807) is 24.3 Å². The number of aromatic nitrogens is 2. The first kappa shape index (κ1) is 18.1. The van der Waals surface area contributed by atoms with Crippen molar-refractivity contribution in [2.24, 2.45) is 0 Å². The first-order valence-corrected chi connectivity index (χ1v) is 8.69. The van der Waals surface area contributed by atoms with E-state index in [0.29, 0.717) is 21.7 Å². The van der Waals surface area contributed by atoms with E-state index in [1.165, 1.54) is 10.9 Å². The van der Waals surface area contributed by atoms with Gasteiger partial charge in [0.2, 0.25) is 0 Å². The van der Waals surface area contributed by atoms with Crippen molar-refractivity contribution in [3.8, 4) is 5.75 Å². The topological polar surface area (TPSA) is 61.2 Å². The third-order valence-corrected chi connectivity index (χ3v) is 4.58. The second-order valence-corrected chi connectivity index (χ2v) is 6.87. The van der Waals surface area contributed by atoms with Crippen LogP contribution in [0.4, 0.5) is 0 Å². The van der Waals surface area contributed by atoms with Gasteiger partial charge in [0.25, 0.3) is 5.56 Å². The lowest BCUT2D eigenvalue weighted by molar-refractivity contribution is -0.135. The number of nitrogens with zero attached hydrogens (tertiary/aromatic N) is 2. The molecule has 1 aromatic heterocycles. The average Bonchev–Trinajstić information content (AvgIpc) is 2.60. The van der Waals surface area contributed by atoms with E-state index in [2.05, 4.69) is 4.98 Å². The molecule has 0 aliphatic heterocycles. The number of hydrogen-bond acceptors (Lipinski definition) is 4. The van der Waals surface area contributed by atoms with Crippen LogP contribution in [0.2, 0.25) is 5.02 Å². The molecule has 0 aliphatic rings. The second-order valence-electron chi connectivity index (χ2n) is 6.46. The summed E-state index contributed by atoms with van der Waals surface area (Å²) in [5.74, 6) is 0.0717. The summed E-state index contributed by atoms with van der Waals surface area (Å²) in [7, 11) is 0. The summed E-state index contributed by atoms with van der Waals surface area (Å²) in [6.07, 6.45) is 1.36. The molecular weight excluding hydrogens is 352 g/mol. The number of aryl methyl sites for hydroxylation is 1. The van der Waals surface area contributed by atoms with Crippen LogP contribution in [0, 0.1) is 6.92 Å². The molecular formula is C20H19ClN2O3. The molecule has 6 heteroatoms. The molecule has 0 fully saturated rings. The van der Waals surface area contributed by atoms with Crippen molar-refractivity contribution >= 4 is 28.5 Å². The highest BCUT2D eigenvalue weighted by Crippen LogP contribution is 2.32. The molecule has 0 saturated heterocycles. The Balaban J connectivity index is 1.87. The smallest absolute Gasteiger partial charge is 0.331 e. The molecule has 3 rings (SSSR count). The van der Waals surface area contributed by atoms with E-state index in [9.17, 15) is 9.59 Å². The minimum atomic E-state index is -0.534. The summed E-state index contributed by atoms with van der Waals surface area (Å²) in [5.41, 5.74) is 1.99. The van der Waals surface area contributed by atoms with Gasteiger partial charge in [-0.25, -0.2) is 9.78 Å². The molecule has 2 aromatic carbocycles. The number of benzene rings is 2. The van der Waals surface area contributed by atoms with Gasteiger partial charge in [-0.2, -0.15) is 0 Å². The van der Waals surface area contributed by atoms with Crippen LogP contribution in [-0.4, -0.2) is 15.5 Å². The fourth-order valence-corrected chi connectivity index (χ4v) is 2.89. The number of carbonyl (C=O) groups is 1. The SMILES string of the molecule is Cc1cc(OC(=O)Cn2cnc3ccccc3c2=O)c(C(C)C)cc1Cl. The zero-order valence-corrected chi connectivity index (χ0v) is 15.6. The summed E-state index contributed by atoms with van der Waals surface area (Å²) < 4.78 is 6.78. The van der Waals surface area contributed by atoms with Crippen molar-refractivity contribution in [2.45, 2.75) is 33.2 Å². The van der Waals surface area contributed by atoms with E-state index >= 15 is 0 Å². The standard InChI is InChI=1S/C20H19ClN2O3/c1-12(2)15-9-16(21)13(3)8-18(15)26-19(24)10-23-11-22-17-7-5-4-6-14(17)20(23)25/h4-9,11-12H,10H2,1-3H3. The summed E-state index contributed by atoms with van der Waals surface area (Å²) >= 11 is 6.18. The average molecular weight is 371 g/mol. The molecule has 0 amide bonds. The summed E-state index contributed by atoms with van der Waals surface area (Å²) in [6.45, 7) is 5.63. The van der Waals surface area contributed by atoms with E-state index < -0.39 is 5.97 Å². The normalized spacial score (nSPS) is 11.1. The maximum Gasteiger partial charge on any atom is 0.331 e. The molecule has 0 unspecified atom stereocenters. The molecule has 1 heterocycles. The lowest BCUT2D eigenvalue weighted by atomic mass is 10.0. The first-order chi connectivity index (χ1) is 12.4. The number of ether oxygens (including phenoxy) is 1. The van der Waals surface area contributed by atoms with Crippen molar-refractivity contribution < 1.29 is 9.53 Å². The third kappa shape index (κ3) is 3.63. The zero-order chi connectivity index (χ0) is 18.8. The summed E-state index contributed by atoms with van der Waals surface area (Å²) in [6, 6.07) is 10.6. The maximum absolute atomic E-state index is 12.5. The number of para-hydroxylation sites is 1. The van der Waals surface area contributed by atoms with E-state index in [0.717, 1.165) is 11.1 Å². The quantitative estimate of drug-likeness (QED) is 0.512. The number of fused-ring (bicyclic) bond motifs is 1. The predicted molar refractivity (Wildman–Crippen MR) is 102 cm³/mol. The van der Waals surface area contributed by atoms with Gasteiger partial charge in [-0.1, -0.05) is 37.6 Å². The molecule has 0 radical (unpaired) electrons. The molecule has 0 atom stereocenters. The molecule has 0 N–H and O–H groups in total. The number of carbonyl (C=O) groups excluding carboxylic acids is 1. The molecule has 0 bridgehead atoms. The van der Waals surface area contributed by atoms with Gasteiger partial charge in [0.15, 0.2) is 0 Å². The minimum Gasteiger partial charge on any atom is -0.425 e. The largest absolute Gasteiger partial charge is 0.425 e. The van der Waals surface area contributed by atoms with Crippen LogP contribution in [-0.2, 0) is 11.3 Å². The first-order valence-electron chi connectivity index (χ1n) is 8.31. The second kappa shape index (κ2) is 7.30. The van der Waals surface area contributed by atoms with Gasteiger partial charge in [0, 0.05) is 5.02 Å². The van der Waals surface area contributed by atoms with Crippen molar-refractivity contribution in [2.75, 3.05) is 0 Å². The number of hydrogen-bond donors (Lipinski definition) is 0. The van der Waals surface area contributed by atoms with Gasteiger partial charge < -0.3 is 4.74 Å². The number of rotatable bonds is 4. The van der Waals surface area contributed by atoms with Crippen molar-refractivity contribution in [3.63, 3.8) is 0 Å². The molecule has 0 saturated carbocycles. The Morgan fingerprint density at radius 3 is 2.73 bits per heavy atom. The summed E-state index contributed by atoms with van der Waals surface area (Å²) in [5, 5.41) is 1.09. The van der Waals surface area contributed by atoms with Gasteiger partial charge in [-0.05, 0) is 48.2 Å². The maximum atomic E-state index is 12.5. The van der Waals surface area contributed by atoms with Gasteiger partial charge in [-0.15, -0.1) is 0 Å². The van der Waals surface area contributed by atoms with Crippen LogP contribution in [0.5, 0.6) is 5.75 Å². The third-order valence-electron chi connectivity index (χ3n) is 4.17. The van der Waals surface area contributed by atoms with Crippen LogP contribution >= 0.6 is 11.6 Å². The van der Waals surface area contributed by atoms with Crippen molar-refractivity contribution in [1.82, 2.24) is 9.55 Å². The highest BCUT2D eigenvalue weighted by molar-refractivity contribution is 6.31. The van der Waals surface area contributed by atoms with Crippen LogP contribution < -0.4 is 10.3 Å². The molecule has 0 spiro atoms. The molecule has 5 nitrogen and oxygen atoms in total. The highest BCUT2D eigenvalue weighted by atomic mass is 35.5. The Labute approximate surface area is 156 Å². The van der Waals surface area contributed by atoms with E-state index in [1.807, 2.05) is 32.9 Å². The van der Waals surface area contributed by atoms with Gasteiger partial charge in [0.1, 0.15) is 12.3 Å². The summed E-state index contributed by atoms with van der Waals surface area (Å²) in [4.78, 5) is 29.1. The number of halogens is 1. The van der Waals surface area contributed by atoms with Crippen LogP contribution in [0.3, 0.4) is 0 Å². The fraction of sp³-hybridized carbons (Fsp3) is 0.250. The Morgan fingerprint density at radius 2 is 2.00 bits per heavy atom. The predicted octanol–water partition coefficient (Wildman–Crippen LogP) is 4.09. The Morgan fingerprint density at radius 1 is 1.27 bits per heavy atom. The lowest BCUT2D eigenvalue weighted by Crippen LogP contribution is -2.27. The minimum absolute atomic E-state index is 0.140. The molecule has 3 aromatic rings. The lowest BCUT2D eigenvalue weighted by Gasteiger charge is -2.15. The van der Waals surface area contributed by atoms with Gasteiger partial charge in [0.05, 0.1) is 17.2 Å². The Hall–Kier alpha value is -2.66. The van der Waals surface area contributed by atoms with Crippen LogP contribution in [0.15, 0.2) is 47.5 Å². The molecule has 134 valence electrons. The highest BCUT2D eigenvalue weighted by Gasteiger charge is 2.16. The van der Waals surface area contributed by atoms with Crippen molar-refractivity contribution in [3.05, 3.63) is 69.2 Å². The van der Waals surface area contributed by atoms with Crippen LogP contribution in [0.1, 0.15) is 30.9 Å². The van der Waals surface area contributed by atoms with Crippen molar-refractivity contribution in [1.29, 1.82) is 0 Å². The van der Waals surface area contributed by atoms with Gasteiger partial charge >= 0.3 is 5.97 Å². The Bertz CT molecular complexity index is 1040.